The van der Waals surface area contributed by atoms with Gasteiger partial charge in [-0.2, -0.15) is 0 Å². The van der Waals surface area contributed by atoms with Crippen molar-refractivity contribution in [1.82, 2.24) is 4.90 Å². The summed E-state index contributed by atoms with van der Waals surface area (Å²) in [5, 5.41) is 0. The van der Waals surface area contributed by atoms with Gasteiger partial charge >= 0.3 is 0 Å². The third-order valence-corrected chi connectivity index (χ3v) is 4.27. The Bertz CT molecular complexity index is 653. The first-order valence-electron chi connectivity index (χ1n) is 7.74. The smallest absolute Gasteiger partial charge is 0.178 e. The van der Waals surface area contributed by atoms with Crippen LogP contribution < -0.4 is 0 Å². The van der Waals surface area contributed by atoms with E-state index in [1.807, 2.05) is 38.4 Å². The lowest BCUT2D eigenvalue weighted by molar-refractivity contribution is -0.118. The Labute approximate surface area is 132 Å². The maximum Gasteiger partial charge on any atom is 0.178 e. The number of nitrogens with zero attached hydrogens (tertiary/aromatic N) is 1. The highest BCUT2D eigenvalue weighted by molar-refractivity contribution is 6.02. The van der Waals surface area contributed by atoms with Crippen LogP contribution >= 0.6 is 0 Å². The van der Waals surface area contributed by atoms with Gasteiger partial charge in [-0.25, -0.2) is 0 Å². The molecule has 22 heavy (non-hydrogen) atoms. The van der Waals surface area contributed by atoms with E-state index in [0.29, 0.717) is 6.42 Å². The van der Waals surface area contributed by atoms with Crippen LogP contribution in [0.4, 0.5) is 0 Å². The van der Waals surface area contributed by atoms with E-state index >= 15 is 0 Å². The highest BCUT2D eigenvalue weighted by Crippen LogP contribution is 2.42. The molecule has 0 N–H and O–H groups in total. The molecule has 3 heteroatoms. The number of carbonyl (C=O) groups excluding carboxylic acids is 1. The highest BCUT2D eigenvalue weighted by atomic mass is 16.5. The Morgan fingerprint density at radius 1 is 1.14 bits per heavy atom. The van der Waals surface area contributed by atoms with E-state index in [-0.39, 0.29) is 17.4 Å². The lowest BCUT2D eigenvalue weighted by atomic mass is 9.75. The molecular formula is C19H23NO2. The van der Waals surface area contributed by atoms with E-state index in [1.165, 1.54) is 0 Å². The van der Waals surface area contributed by atoms with Gasteiger partial charge in [-0.1, -0.05) is 44.2 Å². The molecule has 0 bridgehead atoms. The second kappa shape index (κ2) is 5.40. The summed E-state index contributed by atoms with van der Waals surface area (Å²) < 4.78 is 6.24. The Morgan fingerprint density at radius 2 is 1.82 bits per heavy atom. The topological polar surface area (TPSA) is 29.5 Å². The molecule has 116 valence electrons. The Kier molecular flexibility index (Phi) is 3.69. The zero-order valence-electron chi connectivity index (χ0n) is 13.7. The molecular weight excluding hydrogens is 274 g/mol. The van der Waals surface area contributed by atoms with E-state index in [0.717, 1.165) is 28.9 Å². The van der Waals surface area contributed by atoms with Gasteiger partial charge in [-0.15, -0.1) is 0 Å². The molecule has 1 heterocycles. The molecule has 0 saturated heterocycles. The average molecular weight is 297 g/mol. The molecule has 3 rings (SSSR count). The van der Waals surface area contributed by atoms with Crippen LogP contribution in [-0.2, 0) is 9.53 Å². The number of allylic oxidation sites excluding steroid dienone is 3. The molecule has 0 saturated carbocycles. The highest BCUT2D eigenvalue weighted by Gasteiger charge is 2.38. The third-order valence-electron chi connectivity index (χ3n) is 4.27. The minimum absolute atomic E-state index is 0.0229. The molecule has 1 aliphatic heterocycles. The van der Waals surface area contributed by atoms with Crippen molar-refractivity contribution < 1.29 is 9.53 Å². The van der Waals surface area contributed by atoms with Crippen molar-refractivity contribution in [3.05, 3.63) is 53.3 Å². The summed E-state index contributed by atoms with van der Waals surface area (Å²) in [4.78, 5) is 14.6. The summed E-state index contributed by atoms with van der Waals surface area (Å²) in [5.41, 5.74) is 2.89. The van der Waals surface area contributed by atoms with Crippen LogP contribution in [-0.4, -0.2) is 31.0 Å². The summed E-state index contributed by atoms with van der Waals surface area (Å²) in [6, 6.07) is 10.2. The number of Topliss-reactive ketones (excluding diaryl/α,β-unsaturated/α-hetero) is 1. The number of hydrogen-bond donors (Lipinski definition) is 0. The number of ether oxygens (including phenoxy) is 1. The summed E-state index contributed by atoms with van der Waals surface area (Å²) >= 11 is 0. The molecule has 1 aliphatic carbocycles. The van der Waals surface area contributed by atoms with E-state index in [1.54, 1.807) is 0 Å². The van der Waals surface area contributed by atoms with Crippen LogP contribution in [0.15, 0.2) is 47.7 Å². The Balaban J connectivity index is 2.07. The molecule has 0 fully saturated rings. The average Bonchev–Trinajstić information content (AvgIpc) is 2.45. The van der Waals surface area contributed by atoms with Gasteiger partial charge in [0, 0.05) is 18.4 Å². The van der Waals surface area contributed by atoms with Crippen molar-refractivity contribution in [3.63, 3.8) is 0 Å². The number of hydrogen-bond acceptors (Lipinski definition) is 3. The van der Waals surface area contributed by atoms with Gasteiger partial charge in [0.05, 0.1) is 5.57 Å². The van der Waals surface area contributed by atoms with Gasteiger partial charge in [0.25, 0.3) is 0 Å². The molecule has 0 radical (unpaired) electrons. The number of likely N-dealkylation sites (N-methyl/N-ethyl adjacent to an activating group) is 1. The zero-order valence-corrected chi connectivity index (χ0v) is 13.7. The van der Waals surface area contributed by atoms with Crippen LogP contribution in [0.5, 0.6) is 0 Å². The summed E-state index contributed by atoms with van der Waals surface area (Å²) in [7, 11) is 4.01. The normalized spacial score (nSPS) is 24.0. The molecule has 2 aliphatic rings. The summed E-state index contributed by atoms with van der Waals surface area (Å²) in [5.74, 6) is 1.04. The van der Waals surface area contributed by atoms with Gasteiger partial charge in [-0.05, 0) is 31.1 Å². The van der Waals surface area contributed by atoms with E-state index < -0.39 is 0 Å². The maximum absolute atomic E-state index is 12.5. The number of rotatable bonds is 2. The lowest BCUT2D eigenvalue weighted by Gasteiger charge is -2.38. The molecule has 1 atom stereocenters. The number of ketones is 1. The van der Waals surface area contributed by atoms with Gasteiger partial charge in [0.15, 0.2) is 12.0 Å². The van der Waals surface area contributed by atoms with Gasteiger partial charge in [0.1, 0.15) is 5.76 Å². The second-order valence-corrected chi connectivity index (χ2v) is 7.18. The Hall–Kier alpha value is -1.87. The third kappa shape index (κ3) is 2.73. The summed E-state index contributed by atoms with van der Waals surface area (Å²) in [6.07, 6.45) is 3.29. The zero-order chi connectivity index (χ0) is 15.9. The fourth-order valence-electron chi connectivity index (χ4n) is 3.21. The second-order valence-electron chi connectivity index (χ2n) is 7.18. The molecule has 0 amide bonds. The van der Waals surface area contributed by atoms with Crippen molar-refractivity contribution in [1.29, 1.82) is 0 Å². The quantitative estimate of drug-likeness (QED) is 0.835. The molecule has 0 aromatic heterocycles. The summed E-state index contributed by atoms with van der Waals surface area (Å²) in [6.45, 7) is 4.25. The van der Waals surface area contributed by atoms with Crippen LogP contribution in [0.25, 0.3) is 5.57 Å². The van der Waals surface area contributed by atoms with Gasteiger partial charge in [0.2, 0.25) is 0 Å². The molecule has 1 aromatic carbocycles. The number of benzene rings is 1. The minimum atomic E-state index is -0.150. The first-order valence-corrected chi connectivity index (χ1v) is 7.74. The van der Waals surface area contributed by atoms with Crippen molar-refractivity contribution in [2.45, 2.75) is 32.9 Å². The minimum Gasteiger partial charge on any atom is -0.474 e. The van der Waals surface area contributed by atoms with Crippen molar-refractivity contribution >= 4 is 11.4 Å². The van der Waals surface area contributed by atoms with Crippen molar-refractivity contribution in [2.75, 3.05) is 14.1 Å². The molecule has 0 spiro atoms. The van der Waals surface area contributed by atoms with E-state index in [4.69, 9.17) is 4.74 Å². The number of carbonyl (C=O) groups is 1. The maximum atomic E-state index is 12.5. The van der Waals surface area contributed by atoms with E-state index in [9.17, 15) is 4.79 Å². The first kappa shape index (κ1) is 15.0. The van der Waals surface area contributed by atoms with E-state index in [2.05, 4.69) is 30.9 Å². The predicted molar refractivity (Wildman–Crippen MR) is 88.0 cm³/mol. The monoisotopic (exact) mass is 297 g/mol. The predicted octanol–water partition coefficient (Wildman–Crippen LogP) is 3.63. The van der Waals surface area contributed by atoms with Gasteiger partial charge < -0.3 is 4.74 Å². The fraction of sp³-hybridized carbons (Fsp3) is 0.421. The molecule has 3 nitrogen and oxygen atoms in total. The first-order chi connectivity index (χ1) is 10.4. The van der Waals surface area contributed by atoms with Gasteiger partial charge in [-0.3, -0.25) is 9.69 Å². The molecule has 1 aromatic rings. The Morgan fingerprint density at radius 3 is 2.45 bits per heavy atom. The van der Waals surface area contributed by atoms with Crippen molar-refractivity contribution in [3.8, 4) is 0 Å². The van der Waals surface area contributed by atoms with Crippen molar-refractivity contribution in [2.24, 2.45) is 5.41 Å². The van der Waals surface area contributed by atoms with Crippen LogP contribution in [0.1, 0.15) is 32.3 Å². The fourth-order valence-corrected chi connectivity index (χ4v) is 3.21. The standard InChI is InChI=1S/C19H23NO2/c1-19(2)11-16(21)15-10-14(13-8-6-5-7-9-13)18(20(3)4)22-17(15)12-19/h5-10,18H,11-12H2,1-4H3/t18-/m0/s1. The largest absolute Gasteiger partial charge is 0.474 e. The van der Waals surface area contributed by atoms with Crippen LogP contribution in [0.2, 0.25) is 0 Å². The lowest BCUT2D eigenvalue weighted by Crippen LogP contribution is -2.37. The van der Waals surface area contributed by atoms with Crippen LogP contribution in [0, 0.1) is 5.41 Å². The SMILES string of the molecule is CN(C)[C@H]1OC2=C(C=C1c1ccccc1)C(=O)CC(C)(C)C2. The van der Waals surface area contributed by atoms with Crippen LogP contribution in [0.3, 0.4) is 0 Å². The molecule has 0 unspecified atom stereocenters.